The molecule has 3 aromatic carbocycles. The largest absolute Gasteiger partial charge is 0.493 e. The maximum atomic E-state index is 13.6. The van der Waals surface area contributed by atoms with Crippen molar-refractivity contribution in [1.29, 1.82) is 0 Å². The van der Waals surface area contributed by atoms with E-state index in [1.165, 1.54) is 42.8 Å². The van der Waals surface area contributed by atoms with Gasteiger partial charge in [-0.3, -0.25) is 4.31 Å². The number of methoxy groups -OCH3 is 2. The van der Waals surface area contributed by atoms with Crippen molar-refractivity contribution in [2.45, 2.75) is 17.9 Å². The Bertz CT molecular complexity index is 1220. The van der Waals surface area contributed by atoms with Gasteiger partial charge < -0.3 is 14.6 Å². The molecule has 32 heavy (non-hydrogen) atoms. The first-order valence-electron chi connectivity index (χ1n) is 9.71. The van der Waals surface area contributed by atoms with Crippen LogP contribution in [-0.2, 0) is 10.0 Å². The third kappa shape index (κ3) is 4.66. The summed E-state index contributed by atoms with van der Waals surface area (Å²) in [6, 6.07) is 15.9. The van der Waals surface area contributed by atoms with Gasteiger partial charge in [0.05, 0.1) is 24.8 Å². The van der Waals surface area contributed by atoms with Crippen LogP contribution in [0.3, 0.4) is 0 Å². The maximum Gasteiger partial charge on any atom is 0.264 e. The lowest BCUT2D eigenvalue weighted by Gasteiger charge is -2.27. The van der Waals surface area contributed by atoms with Crippen molar-refractivity contribution in [2.75, 3.05) is 25.1 Å². The Hall–Kier alpha value is -2.45. The van der Waals surface area contributed by atoms with E-state index in [1.807, 2.05) is 0 Å². The molecule has 0 aromatic heterocycles. The highest BCUT2D eigenvalue weighted by molar-refractivity contribution is 7.92. The molecule has 1 unspecified atom stereocenters. The molecule has 0 spiro atoms. The Morgan fingerprint density at radius 2 is 1.62 bits per heavy atom. The van der Waals surface area contributed by atoms with Crippen LogP contribution >= 0.6 is 23.2 Å². The number of anilines is 1. The number of halogens is 2. The van der Waals surface area contributed by atoms with Crippen LogP contribution in [0, 0.1) is 0 Å². The Labute approximate surface area is 198 Å². The predicted octanol–water partition coefficient (Wildman–Crippen LogP) is 5.31. The van der Waals surface area contributed by atoms with Crippen LogP contribution in [0.1, 0.15) is 24.2 Å². The van der Waals surface area contributed by atoms with Gasteiger partial charge in [-0.25, -0.2) is 8.42 Å². The first-order chi connectivity index (χ1) is 15.2. The lowest BCUT2D eigenvalue weighted by Crippen LogP contribution is -2.32. The van der Waals surface area contributed by atoms with Crippen LogP contribution in [0.25, 0.3) is 0 Å². The fourth-order valence-corrected chi connectivity index (χ4v) is 5.35. The zero-order valence-electron chi connectivity index (χ0n) is 17.7. The fourth-order valence-electron chi connectivity index (χ4n) is 3.41. The zero-order chi connectivity index (χ0) is 23.5. The molecule has 0 saturated carbocycles. The first kappa shape index (κ1) is 24.2. The van der Waals surface area contributed by atoms with Crippen LogP contribution in [-0.4, -0.2) is 34.3 Å². The summed E-state index contributed by atoms with van der Waals surface area (Å²) in [5, 5.41) is 11.8. The van der Waals surface area contributed by atoms with E-state index in [4.69, 9.17) is 32.7 Å². The minimum absolute atomic E-state index is 0.0186. The molecule has 0 aliphatic carbocycles. The van der Waals surface area contributed by atoms with Crippen LogP contribution in [0.2, 0.25) is 10.0 Å². The van der Waals surface area contributed by atoms with Gasteiger partial charge >= 0.3 is 0 Å². The molecule has 0 radical (unpaired) electrons. The van der Waals surface area contributed by atoms with Gasteiger partial charge in [-0.1, -0.05) is 41.4 Å². The van der Waals surface area contributed by atoms with E-state index in [1.54, 1.807) is 43.3 Å². The van der Waals surface area contributed by atoms with Crippen molar-refractivity contribution in [3.05, 3.63) is 81.8 Å². The topological polar surface area (TPSA) is 76.1 Å². The summed E-state index contributed by atoms with van der Waals surface area (Å²) in [7, 11) is -1.11. The average molecular weight is 496 g/mol. The van der Waals surface area contributed by atoms with Gasteiger partial charge in [0.1, 0.15) is 6.10 Å². The molecule has 0 amide bonds. The average Bonchev–Trinajstić information content (AvgIpc) is 2.79. The number of nitrogens with zero attached hydrogens (tertiary/aromatic N) is 1. The van der Waals surface area contributed by atoms with Gasteiger partial charge in [0.25, 0.3) is 10.0 Å². The molecule has 0 saturated heterocycles. The van der Waals surface area contributed by atoms with E-state index in [-0.39, 0.29) is 17.2 Å². The van der Waals surface area contributed by atoms with Gasteiger partial charge in [0.15, 0.2) is 11.5 Å². The highest BCUT2D eigenvalue weighted by Crippen LogP contribution is 2.38. The number of aliphatic hydroxyl groups is 1. The monoisotopic (exact) mass is 495 g/mol. The molecule has 3 rings (SSSR count). The smallest absolute Gasteiger partial charge is 0.264 e. The summed E-state index contributed by atoms with van der Waals surface area (Å²) in [5.41, 5.74) is 1.05. The number of sulfonamides is 1. The number of hydrogen-bond acceptors (Lipinski definition) is 5. The summed E-state index contributed by atoms with van der Waals surface area (Å²) in [4.78, 5) is 0.0186. The van der Waals surface area contributed by atoms with Crippen molar-refractivity contribution in [1.82, 2.24) is 0 Å². The van der Waals surface area contributed by atoms with Crippen molar-refractivity contribution < 1.29 is 23.0 Å². The molecule has 0 bridgehead atoms. The first-order valence-corrected chi connectivity index (χ1v) is 11.9. The molecule has 9 heteroatoms. The van der Waals surface area contributed by atoms with Gasteiger partial charge in [0, 0.05) is 33.8 Å². The van der Waals surface area contributed by atoms with E-state index >= 15 is 0 Å². The Balaban J connectivity index is 2.15. The SMILES string of the molecule is CCN(c1ccc(Cl)cc1C(O)c1ccccc1Cl)S(=O)(=O)c1ccc(OC)c(OC)c1. The van der Waals surface area contributed by atoms with E-state index in [0.717, 1.165) is 0 Å². The van der Waals surface area contributed by atoms with Gasteiger partial charge in [0.2, 0.25) is 0 Å². The van der Waals surface area contributed by atoms with E-state index < -0.39 is 16.1 Å². The summed E-state index contributed by atoms with van der Waals surface area (Å²) >= 11 is 12.5. The second kappa shape index (κ2) is 10.0. The fraction of sp³-hybridized carbons (Fsp3) is 0.217. The molecule has 0 aliphatic rings. The maximum absolute atomic E-state index is 13.6. The molecule has 0 fully saturated rings. The van der Waals surface area contributed by atoms with Crippen LogP contribution in [0.5, 0.6) is 11.5 Å². The lowest BCUT2D eigenvalue weighted by molar-refractivity contribution is 0.221. The van der Waals surface area contributed by atoms with E-state index in [9.17, 15) is 13.5 Å². The van der Waals surface area contributed by atoms with Crippen molar-refractivity contribution in [3.8, 4) is 11.5 Å². The Morgan fingerprint density at radius 1 is 0.938 bits per heavy atom. The molecule has 3 aromatic rings. The summed E-state index contributed by atoms with van der Waals surface area (Å²) in [6.45, 7) is 1.82. The van der Waals surface area contributed by atoms with Gasteiger partial charge in [-0.2, -0.15) is 0 Å². The molecule has 1 atom stereocenters. The van der Waals surface area contributed by atoms with Crippen LogP contribution in [0.4, 0.5) is 5.69 Å². The van der Waals surface area contributed by atoms with Gasteiger partial charge in [-0.15, -0.1) is 0 Å². The molecule has 6 nitrogen and oxygen atoms in total. The normalized spacial score (nSPS) is 12.3. The number of rotatable bonds is 8. The van der Waals surface area contributed by atoms with Crippen LogP contribution in [0.15, 0.2) is 65.6 Å². The molecule has 0 heterocycles. The van der Waals surface area contributed by atoms with Crippen LogP contribution < -0.4 is 13.8 Å². The number of hydrogen-bond donors (Lipinski definition) is 1. The lowest BCUT2D eigenvalue weighted by atomic mass is 9.99. The third-order valence-electron chi connectivity index (χ3n) is 4.98. The second-order valence-corrected chi connectivity index (χ2v) is 9.52. The minimum Gasteiger partial charge on any atom is -0.493 e. The molecular weight excluding hydrogens is 473 g/mol. The minimum atomic E-state index is -4.01. The van der Waals surface area contributed by atoms with Crippen molar-refractivity contribution in [3.63, 3.8) is 0 Å². The molecule has 0 aliphatic heterocycles. The van der Waals surface area contributed by atoms with Crippen molar-refractivity contribution >= 4 is 38.9 Å². The third-order valence-corrected chi connectivity index (χ3v) is 7.45. The summed E-state index contributed by atoms with van der Waals surface area (Å²) in [6.07, 6.45) is -1.19. The highest BCUT2D eigenvalue weighted by Gasteiger charge is 2.29. The molecular formula is C23H23Cl2NO5S. The molecule has 1 N–H and O–H groups in total. The Kier molecular flexibility index (Phi) is 7.56. The number of aliphatic hydroxyl groups excluding tert-OH is 1. The number of benzene rings is 3. The van der Waals surface area contributed by atoms with Gasteiger partial charge in [-0.05, 0) is 43.3 Å². The summed E-state index contributed by atoms with van der Waals surface area (Å²) in [5.74, 6) is 0.702. The standard InChI is InChI=1S/C23H23Cl2NO5S/c1-4-26(32(28,29)16-10-12-21(30-2)22(14-16)31-3)20-11-9-15(24)13-18(20)23(27)17-7-5-6-8-19(17)25/h5-14,23,27H,4H2,1-3H3. The molecule has 170 valence electrons. The summed E-state index contributed by atoms with van der Waals surface area (Å²) < 4.78 is 38.8. The quantitative estimate of drug-likeness (QED) is 0.458. The highest BCUT2D eigenvalue weighted by atomic mass is 35.5. The van der Waals surface area contributed by atoms with E-state index in [2.05, 4.69) is 0 Å². The Morgan fingerprint density at radius 3 is 2.25 bits per heavy atom. The van der Waals surface area contributed by atoms with Crippen molar-refractivity contribution in [2.24, 2.45) is 0 Å². The second-order valence-electron chi connectivity index (χ2n) is 6.81. The predicted molar refractivity (Wildman–Crippen MR) is 127 cm³/mol. The number of ether oxygens (including phenoxy) is 2. The van der Waals surface area contributed by atoms with E-state index in [0.29, 0.717) is 32.6 Å². The zero-order valence-corrected chi connectivity index (χ0v) is 20.1.